The van der Waals surface area contributed by atoms with Crippen molar-refractivity contribution in [2.24, 2.45) is 34.5 Å². The Morgan fingerprint density at radius 2 is 2.00 bits per heavy atom. The lowest BCUT2D eigenvalue weighted by Gasteiger charge is -2.55. The van der Waals surface area contributed by atoms with Gasteiger partial charge in [-0.25, -0.2) is 0 Å². The van der Waals surface area contributed by atoms with E-state index in [2.05, 4.69) is 39.0 Å². The minimum absolute atomic E-state index is 0.00847. The van der Waals surface area contributed by atoms with Crippen LogP contribution in [0.25, 0.3) is 0 Å². The van der Waals surface area contributed by atoms with Crippen LogP contribution in [0.1, 0.15) is 59.3 Å². The van der Waals surface area contributed by atoms with Crippen LogP contribution in [-0.4, -0.2) is 5.78 Å². The standard InChI is InChI=1S/C20H28O/c1-13-8-10-19(2)14(12-13)4-5-15-16-6-7-18(21)20(16,3)11-9-17(15)19/h4,8,10,13,15-17H,5-7,9,11-12H2,1-3H3/t13-,15?,16?,17?,19-,20-/m0/s1. The SMILES string of the molecule is C[C@H]1C=C[C@@]2(C)C(=CCC3C2CC[C@]2(C)C(=O)CCC32)C1. The van der Waals surface area contributed by atoms with Crippen LogP contribution in [0, 0.1) is 34.5 Å². The number of hydrogen-bond donors (Lipinski definition) is 0. The van der Waals surface area contributed by atoms with Crippen molar-refractivity contribution >= 4 is 5.78 Å². The molecule has 0 saturated heterocycles. The van der Waals surface area contributed by atoms with Crippen LogP contribution in [0.4, 0.5) is 0 Å². The van der Waals surface area contributed by atoms with Crippen molar-refractivity contribution in [3.63, 3.8) is 0 Å². The van der Waals surface area contributed by atoms with Gasteiger partial charge < -0.3 is 0 Å². The Morgan fingerprint density at radius 3 is 2.81 bits per heavy atom. The molecule has 114 valence electrons. The van der Waals surface area contributed by atoms with Gasteiger partial charge in [0.2, 0.25) is 0 Å². The summed E-state index contributed by atoms with van der Waals surface area (Å²) in [5, 5.41) is 0. The van der Waals surface area contributed by atoms with Gasteiger partial charge in [0, 0.05) is 17.3 Å². The average Bonchev–Trinajstić information content (AvgIpc) is 2.76. The van der Waals surface area contributed by atoms with Gasteiger partial charge in [0.05, 0.1) is 0 Å². The largest absolute Gasteiger partial charge is 0.299 e. The number of ketones is 1. The second-order valence-electron chi connectivity index (χ2n) is 8.58. The highest BCUT2D eigenvalue weighted by Crippen LogP contribution is 2.63. The first-order valence-electron chi connectivity index (χ1n) is 8.87. The van der Waals surface area contributed by atoms with E-state index in [1.54, 1.807) is 5.57 Å². The minimum atomic E-state index is 0.00847. The molecule has 21 heavy (non-hydrogen) atoms. The number of Topliss-reactive ketones (excluding diaryl/α,β-unsaturated/α-hetero) is 1. The highest BCUT2D eigenvalue weighted by molar-refractivity contribution is 5.87. The van der Waals surface area contributed by atoms with E-state index in [1.807, 2.05) is 0 Å². The number of hydrogen-bond acceptors (Lipinski definition) is 1. The highest BCUT2D eigenvalue weighted by atomic mass is 16.1. The summed E-state index contributed by atoms with van der Waals surface area (Å²) < 4.78 is 0. The molecule has 3 unspecified atom stereocenters. The molecule has 0 radical (unpaired) electrons. The van der Waals surface area contributed by atoms with Crippen molar-refractivity contribution in [3.05, 3.63) is 23.8 Å². The number of carbonyl (C=O) groups excluding carboxylic acids is 1. The summed E-state index contributed by atoms with van der Waals surface area (Å²) in [5.74, 6) is 3.40. The van der Waals surface area contributed by atoms with Crippen LogP contribution in [0.3, 0.4) is 0 Å². The molecule has 2 saturated carbocycles. The van der Waals surface area contributed by atoms with Crippen LogP contribution in [0.5, 0.6) is 0 Å². The molecule has 0 spiro atoms. The fourth-order valence-corrected chi connectivity index (χ4v) is 6.18. The van der Waals surface area contributed by atoms with Gasteiger partial charge in [-0.05, 0) is 55.8 Å². The topological polar surface area (TPSA) is 17.1 Å². The molecule has 0 aromatic carbocycles. The van der Waals surface area contributed by atoms with Crippen LogP contribution in [-0.2, 0) is 4.79 Å². The lowest BCUT2D eigenvalue weighted by molar-refractivity contribution is -0.131. The fraction of sp³-hybridized carbons (Fsp3) is 0.750. The van der Waals surface area contributed by atoms with E-state index in [1.165, 1.54) is 19.3 Å². The van der Waals surface area contributed by atoms with Gasteiger partial charge in [0.15, 0.2) is 0 Å². The zero-order valence-corrected chi connectivity index (χ0v) is 13.7. The fourth-order valence-electron chi connectivity index (χ4n) is 6.18. The number of fused-ring (bicyclic) bond motifs is 5. The molecule has 0 N–H and O–H groups in total. The molecule has 4 rings (SSSR count). The number of rotatable bonds is 0. The van der Waals surface area contributed by atoms with Gasteiger partial charge in [-0.3, -0.25) is 4.79 Å². The molecule has 0 aliphatic heterocycles. The molecule has 0 amide bonds. The lowest BCUT2D eigenvalue weighted by Crippen LogP contribution is -2.49. The van der Waals surface area contributed by atoms with Crippen molar-refractivity contribution in [1.29, 1.82) is 0 Å². The molecule has 0 aromatic rings. The predicted molar refractivity (Wildman–Crippen MR) is 85.8 cm³/mol. The van der Waals surface area contributed by atoms with E-state index in [9.17, 15) is 4.79 Å². The predicted octanol–water partition coefficient (Wildman–Crippen LogP) is 4.93. The second kappa shape index (κ2) is 4.33. The molecular formula is C20H28O. The summed E-state index contributed by atoms with van der Waals surface area (Å²) in [6, 6.07) is 0. The van der Waals surface area contributed by atoms with Crippen molar-refractivity contribution in [1.82, 2.24) is 0 Å². The quantitative estimate of drug-likeness (QED) is 0.576. The first-order chi connectivity index (χ1) is 9.95. The normalized spacial score (nSPS) is 52.0. The van der Waals surface area contributed by atoms with E-state index >= 15 is 0 Å². The van der Waals surface area contributed by atoms with Gasteiger partial charge in [0.25, 0.3) is 0 Å². The minimum Gasteiger partial charge on any atom is -0.299 e. The third-order valence-corrected chi connectivity index (χ3v) is 7.56. The van der Waals surface area contributed by atoms with Crippen molar-refractivity contribution in [3.8, 4) is 0 Å². The molecule has 0 aromatic heterocycles. The van der Waals surface area contributed by atoms with Crippen LogP contribution in [0.2, 0.25) is 0 Å². The highest BCUT2D eigenvalue weighted by Gasteiger charge is 2.57. The molecule has 0 heterocycles. The molecule has 0 bridgehead atoms. The van der Waals surface area contributed by atoms with Crippen LogP contribution >= 0.6 is 0 Å². The van der Waals surface area contributed by atoms with Gasteiger partial charge in [-0.1, -0.05) is 44.6 Å². The zero-order valence-electron chi connectivity index (χ0n) is 13.7. The maximum atomic E-state index is 12.4. The Bertz CT molecular complexity index is 542. The summed E-state index contributed by atoms with van der Waals surface area (Å²) in [5.41, 5.74) is 1.98. The summed E-state index contributed by atoms with van der Waals surface area (Å²) >= 11 is 0. The van der Waals surface area contributed by atoms with E-state index < -0.39 is 0 Å². The Hall–Kier alpha value is -0.850. The Labute approximate surface area is 128 Å². The molecule has 1 nitrogen and oxygen atoms in total. The zero-order chi connectivity index (χ0) is 14.8. The van der Waals surface area contributed by atoms with E-state index in [0.29, 0.717) is 17.6 Å². The van der Waals surface area contributed by atoms with Crippen molar-refractivity contribution in [2.45, 2.75) is 59.3 Å². The van der Waals surface area contributed by atoms with Crippen LogP contribution < -0.4 is 0 Å². The van der Waals surface area contributed by atoms with Crippen molar-refractivity contribution in [2.75, 3.05) is 0 Å². The summed E-state index contributed by atoms with van der Waals surface area (Å²) in [6.07, 6.45) is 14.3. The first kappa shape index (κ1) is 13.8. The Balaban J connectivity index is 1.72. The van der Waals surface area contributed by atoms with Gasteiger partial charge >= 0.3 is 0 Å². The maximum Gasteiger partial charge on any atom is 0.139 e. The second-order valence-corrected chi connectivity index (χ2v) is 8.58. The first-order valence-corrected chi connectivity index (χ1v) is 8.87. The van der Waals surface area contributed by atoms with Crippen LogP contribution in [0.15, 0.2) is 23.8 Å². The smallest absolute Gasteiger partial charge is 0.139 e. The monoisotopic (exact) mass is 284 g/mol. The van der Waals surface area contributed by atoms with Gasteiger partial charge in [-0.15, -0.1) is 0 Å². The van der Waals surface area contributed by atoms with E-state index in [4.69, 9.17) is 0 Å². The molecule has 1 heteroatoms. The third-order valence-electron chi connectivity index (χ3n) is 7.56. The van der Waals surface area contributed by atoms with Gasteiger partial charge in [0.1, 0.15) is 5.78 Å². The number of carbonyl (C=O) groups is 1. The molecular weight excluding hydrogens is 256 g/mol. The maximum absolute atomic E-state index is 12.4. The van der Waals surface area contributed by atoms with Gasteiger partial charge in [-0.2, -0.15) is 0 Å². The third kappa shape index (κ3) is 1.72. The lowest BCUT2D eigenvalue weighted by atomic mass is 9.49. The number of allylic oxidation sites excluding steroid dienone is 4. The summed E-state index contributed by atoms with van der Waals surface area (Å²) in [7, 11) is 0. The molecule has 4 aliphatic carbocycles. The summed E-state index contributed by atoms with van der Waals surface area (Å²) in [6.45, 7) is 7.07. The Kier molecular flexibility index (Phi) is 2.85. The average molecular weight is 284 g/mol. The molecule has 2 fully saturated rings. The Morgan fingerprint density at radius 1 is 1.19 bits per heavy atom. The molecule has 6 atom stereocenters. The van der Waals surface area contributed by atoms with E-state index in [-0.39, 0.29) is 10.8 Å². The molecule has 4 aliphatic rings. The van der Waals surface area contributed by atoms with E-state index in [0.717, 1.165) is 31.1 Å². The van der Waals surface area contributed by atoms with Crippen molar-refractivity contribution < 1.29 is 4.79 Å². The summed E-state index contributed by atoms with van der Waals surface area (Å²) in [4.78, 5) is 12.4.